The van der Waals surface area contributed by atoms with Crippen LogP contribution in [-0.2, 0) is 14.4 Å². The van der Waals surface area contributed by atoms with Gasteiger partial charge in [-0.3, -0.25) is 14.4 Å². The Labute approximate surface area is 202 Å². The molecule has 6 heteroatoms. The van der Waals surface area contributed by atoms with Crippen molar-refractivity contribution in [2.75, 3.05) is 12.0 Å². The second kappa shape index (κ2) is 7.94. The van der Waals surface area contributed by atoms with E-state index in [0.717, 1.165) is 22.3 Å². The maximum atomic E-state index is 14.0. The zero-order valence-corrected chi connectivity index (χ0v) is 19.3. The molecule has 1 aliphatic carbocycles. The molecule has 0 bridgehead atoms. The minimum Gasteiger partial charge on any atom is -0.495 e. The van der Waals surface area contributed by atoms with E-state index < -0.39 is 29.6 Å². The van der Waals surface area contributed by atoms with E-state index in [0.29, 0.717) is 17.2 Å². The zero-order valence-electron chi connectivity index (χ0n) is 19.3. The lowest BCUT2D eigenvalue weighted by atomic mass is 9.64. The number of carbonyl (C=O) groups excluding carboxylic acids is 3. The summed E-state index contributed by atoms with van der Waals surface area (Å²) in [5, 5.41) is 0. The number of nitrogens with zero attached hydrogens (tertiary/aromatic N) is 1. The van der Waals surface area contributed by atoms with Gasteiger partial charge in [-0.15, -0.1) is 0 Å². The highest BCUT2D eigenvalue weighted by molar-refractivity contribution is 6.25. The van der Waals surface area contributed by atoms with Crippen LogP contribution in [0.5, 0.6) is 11.5 Å². The molecule has 6 rings (SSSR count). The number of rotatable bonds is 3. The first-order valence-electron chi connectivity index (χ1n) is 11.6. The Morgan fingerprint density at radius 3 is 2.34 bits per heavy atom. The highest BCUT2D eigenvalue weighted by atomic mass is 16.5. The Kier molecular flexibility index (Phi) is 4.85. The number of amides is 2. The van der Waals surface area contributed by atoms with E-state index in [9.17, 15) is 14.4 Å². The Morgan fingerprint density at radius 2 is 1.57 bits per heavy atom. The van der Waals surface area contributed by atoms with E-state index in [1.165, 1.54) is 12.0 Å². The molecule has 1 fully saturated rings. The van der Waals surface area contributed by atoms with Gasteiger partial charge >= 0.3 is 5.97 Å². The van der Waals surface area contributed by atoms with Gasteiger partial charge in [0.2, 0.25) is 11.8 Å². The van der Waals surface area contributed by atoms with Gasteiger partial charge in [-0.1, -0.05) is 60.7 Å². The summed E-state index contributed by atoms with van der Waals surface area (Å²) in [4.78, 5) is 42.4. The van der Waals surface area contributed by atoms with Crippen LogP contribution in [0, 0.1) is 24.7 Å². The average molecular weight is 466 g/mol. The number of benzene rings is 3. The molecular weight excluding hydrogens is 442 g/mol. The number of esters is 1. The van der Waals surface area contributed by atoms with E-state index >= 15 is 0 Å². The van der Waals surface area contributed by atoms with Crippen molar-refractivity contribution in [2.45, 2.75) is 12.8 Å². The molecule has 3 aliphatic rings. The number of methoxy groups -OCH3 is 1. The smallest absolute Gasteiger partial charge is 0.319 e. The van der Waals surface area contributed by atoms with E-state index in [4.69, 9.17) is 9.47 Å². The summed E-state index contributed by atoms with van der Waals surface area (Å²) in [6, 6.07) is 22.3. The summed E-state index contributed by atoms with van der Waals surface area (Å²) in [6.07, 6.45) is 1.99. The Balaban J connectivity index is 1.56. The number of para-hydroxylation sites is 2. The minimum absolute atomic E-state index is 0.337. The van der Waals surface area contributed by atoms with Gasteiger partial charge in [0.25, 0.3) is 0 Å². The number of ether oxygens (including phenoxy) is 2. The lowest BCUT2D eigenvalue weighted by Crippen LogP contribution is -2.42. The Morgan fingerprint density at radius 1 is 0.857 bits per heavy atom. The van der Waals surface area contributed by atoms with Crippen LogP contribution in [0.1, 0.15) is 22.6 Å². The number of hydrogen-bond donors (Lipinski definition) is 0. The maximum Gasteiger partial charge on any atom is 0.319 e. The molecular formula is C29H23NO5. The molecule has 0 unspecified atom stereocenters. The van der Waals surface area contributed by atoms with Crippen LogP contribution in [0.15, 0.2) is 78.9 Å². The van der Waals surface area contributed by atoms with Gasteiger partial charge in [-0.05, 0) is 41.8 Å². The number of allylic oxidation sites excluding steroid dienone is 1. The third-order valence-electron chi connectivity index (χ3n) is 7.26. The lowest BCUT2D eigenvalue weighted by Gasteiger charge is -2.38. The number of anilines is 1. The van der Waals surface area contributed by atoms with Crippen molar-refractivity contribution in [2.24, 2.45) is 17.8 Å². The van der Waals surface area contributed by atoms with E-state index in [1.807, 2.05) is 61.5 Å². The number of fused-ring (bicyclic) bond motifs is 5. The standard InChI is InChI=1S/C29H23NO5/c1-16-12-13-18-20-15-19(17-8-4-3-5-9-17)24-26(25(20)29(33)35-23(18)14-16)28(32)30(27(24)31)21-10-6-7-11-22(21)34-2/h3-15,19,24-26H,1-2H3/t19-,24+,25-,26+/m1/s1. The van der Waals surface area contributed by atoms with E-state index in [-0.39, 0.29) is 11.8 Å². The molecule has 2 heterocycles. The minimum atomic E-state index is -0.875. The van der Waals surface area contributed by atoms with Gasteiger partial charge in [0, 0.05) is 11.5 Å². The molecule has 0 spiro atoms. The van der Waals surface area contributed by atoms with Crippen molar-refractivity contribution in [1.29, 1.82) is 0 Å². The first-order chi connectivity index (χ1) is 17.0. The van der Waals surface area contributed by atoms with Crippen LogP contribution in [0.25, 0.3) is 5.57 Å². The molecule has 4 atom stereocenters. The molecule has 3 aromatic rings. The fraction of sp³-hybridized carbons (Fsp3) is 0.207. The van der Waals surface area contributed by atoms with E-state index in [1.54, 1.807) is 24.3 Å². The van der Waals surface area contributed by atoms with Crippen molar-refractivity contribution in [3.63, 3.8) is 0 Å². The topological polar surface area (TPSA) is 72.9 Å². The summed E-state index contributed by atoms with van der Waals surface area (Å²) in [7, 11) is 1.50. The number of hydrogen-bond acceptors (Lipinski definition) is 5. The molecule has 0 aromatic heterocycles. The third kappa shape index (κ3) is 3.13. The SMILES string of the molecule is COc1ccccc1N1C(=O)[C@@H]2[C@@H]3C(=O)Oc4cc(C)ccc4C3=C[C@H](c3ccccc3)[C@@H]2C1=O. The molecule has 35 heavy (non-hydrogen) atoms. The van der Waals surface area contributed by atoms with Gasteiger partial charge in [-0.2, -0.15) is 0 Å². The van der Waals surface area contributed by atoms with Crippen molar-refractivity contribution in [3.8, 4) is 11.5 Å². The molecule has 0 saturated carbocycles. The molecule has 6 nitrogen and oxygen atoms in total. The molecule has 0 radical (unpaired) electrons. The van der Waals surface area contributed by atoms with Crippen molar-refractivity contribution in [3.05, 3.63) is 95.6 Å². The summed E-state index contributed by atoms with van der Waals surface area (Å²) >= 11 is 0. The quantitative estimate of drug-likeness (QED) is 0.323. The van der Waals surface area contributed by atoms with Crippen LogP contribution >= 0.6 is 0 Å². The highest BCUT2D eigenvalue weighted by Crippen LogP contribution is 2.55. The number of aryl methyl sites for hydroxylation is 1. The fourth-order valence-corrected chi connectivity index (χ4v) is 5.72. The molecule has 3 aromatic carbocycles. The van der Waals surface area contributed by atoms with Crippen molar-refractivity contribution in [1.82, 2.24) is 0 Å². The van der Waals surface area contributed by atoms with Gasteiger partial charge in [0.15, 0.2) is 0 Å². The van der Waals surface area contributed by atoms with Crippen molar-refractivity contribution < 1.29 is 23.9 Å². The van der Waals surface area contributed by atoms with E-state index in [2.05, 4.69) is 0 Å². The predicted molar refractivity (Wildman–Crippen MR) is 130 cm³/mol. The maximum absolute atomic E-state index is 14.0. The van der Waals surface area contributed by atoms with Gasteiger partial charge in [-0.25, -0.2) is 4.90 Å². The normalized spacial score (nSPS) is 24.8. The summed E-state index contributed by atoms with van der Waals surface area (Å²) < 4.78 is 11.2. The summed E-state index contributed by atoms with van der Waals surface area (Å²) in [5.41, 5.74) is 3.81. The monoisotopic (exact) mass is 465 g/mol. The van der Waals surface area contributed by atoms with Gasteiger partial charge in [0.1, 0.15) is 11.5 Å². The van der Waals surface area contributed by atoms with Gasteiger partial charge in [0.05, 0.1) is 30.6 Å². The molecule has 2 aliphatic heterocycles. The van der Waals surface area contributed by atoms with Crippen LogP contribution in [0.4, 0.5) is 5.69 Å². The Hall–Kier alpha value is -4.19. The summed E-state index contributed by atoms with van der Waals surface area (Å²) in [5.74, 6) is -3.17. The first kappa shape index (κ1) is 21.4. The van der Waals surface area contributed by atoms with Crippen molar-refractivity contribution >= 4 is 29.0 Å². The number of imide groups is 1. The first-order valence-corrected chi connectivity index (χ1v) is 11.6. The van der Waals surface area contributed by atoms with Crippen LogP contribution in [0.3, 0.4) is 0 Å². The number of carbonyl (C=O) groups is 3. The van der Waals surface area contributed by atoms with Crippen LogP contribution < -0.4 is 14.4 Å². The molecule has 0 N–H and O–H groups in total. The second-order valence-corrected chi connectivity index (χ2v) is 9.19. The zero-order chi connectivity index (χ0) is 24.3. The third-order valence-corrected chi connectivity index (χ3v) is 7.26. The second-order valence-electron chi connectivity index (χ2n) is 9.19. The average Bonchev–Trinajstić information content (AvgIpc) is 3.13. The van der Waals surface area contributed by atoms with Crippen LogP contribution in [-0.4, -0.2) is 24.9 Å². The molecule has 174 valence electrons. The molecule has 1 saturated heterocycles. The van der Waals surface area contributed by atoms with Gasteiger partial charge < -0.3 is 9.47 Å². The molecule has 2 amide bonds. The predicted octanol–water partition coefficient (Wildman–Crippen LogP) is 4.53. The van der Waals surface area contributed by atoms with Crippen LogP contribution in [0.2, 0.25) is 0 Å². The largest absolute Gasteiger partial charge is 0.495 e. The highest BCUT2D eigenvalue weighted by Gasteiger charge is 2.60. The lowest BCUT2D eigenvalue weighted by molar-refractivity contribution is -0.142. The Bertz CT molecular complexity index is 1410. The fourth-order valence-electron chi connectivity index (χ4n) is 5.72. The summed E-state index contributed by atoms with van der Waals surface area (Å²) in [6.45, 7) is 1.93.